The van der Waals surface area contributed by atoms with Crippen LogP contribution in [0.1, 0.15) is 0 Å². The third kappa shape index (κ3) is 15.9. The first-order valence-electron chi connectivity index (χ1n) is 4.85. The van der Waals surface area contributed by atoms with Gasteiger partial charge in [-0.2, -0.15) is 0 Å². The van der Waals surface area contributed by atoms with E-state index >= 15 is 0 Å². The average molecular weight is 358 g/mol. The third-order valence-corrected chi connectivity index (χ3v) is 2.10. The molecule has 0 aliphatic carbocycles. The zero-order chi connectivity index (χ0) is 17.4. The fourth-order valence-corrected chi connectivity index (χ4v) is 1.11. The van der Waals surface area contributed by atoms with E-state index in [2.05, 4.69) is 4.52 Å². The second kappa shape index (κ2) is 9.69. The molecule has 13 nitrogen and oxygen atoms in total. The lowest BCUT2D eigenvalue weighted by molar-refractivity contribution is -0.142. The number of hydrogen-bond donors (Lipinski definition) is 9. The number of carbonyl (C=O) groups is 1. The van der Waals surface area contributed by atoms with Crippen molar-refractivity contribution in [1.82, 2.24) is 0 Å². The summed E-state index contributed by atoms with van der Waals surface area (Å²) in [6, 6.07) is 0. The molecule has 0 radical (unpaired) electrons. The standard InChI is InChI=1S/C6H13O9P.H3O4P/c7-1-3(8)5(10)6(11)4(9)2-15-16(12,13)14;1-5(2,3)4/h4-7,9-11H,1-2H2,(H2,12,13,14);(H3,1,2,3,4). The smallest absolute Gasteiger partial charge is 0.388 e. The van der Waals surface area contributed by atoms with E-state index in [-0.39, 0.29) is 0 Å². The van der Waals surface area contributed by atoms with Gasteiger partial charge in [0.15, 0.2) is 5.78 Å². The summed E-state index contributed by atoms with van der Waals surface area (Å²) in [4.78, 5) is 48.8. The van der Waals surface area contributed by atoms with E-state index in [9.17, 15) is 9.36 Å². The lowest BCUT2D eigenvalue weighted by Crippen LogP contribution is -2.45. The summed E-state index contributed by atoms with van der Waals surface area (Å²) in [6.07, 6.45) is -5.94. The lowest BCUT2D eigenvalue weighted by atomic mass is 10.1. The number of rotatable bonds is 7. The zero-order valence-electron chi connectivity index (χ0n) is 10.2. The molecule has 3 atom stereocenters. The Bertz CT molecular complexity index is 389. The maximum Gasteiger partial charge on any atom is 0.469 e. The summed E-state index contributed by atoms with van der Waals surface area (Å²) in [5.74, 6) is -1.14. The maximum absolute atomic E-state index is 10.7. The minimum absolute atomic E-state index is 0.971. The fraction of sp³-hybridized carbons (Fsp3) is 0.833. The topological polar surface area (TPSA) is 243 Å². The van der Waals surface area contributed by atoms with Crippen molar-refractivity contribution in [3.63, 3.8) is 0 Å². The second-order valence-electron chi connectivity index (χ2n) is 3.43. The molecular formula is C6H16O13P2. The molecule has 0 aliphatic rings. The SMILES string of the molecule is O=C(CO)C(O)C(O)C(O)COP(=O)(O)O.O=P(O)(O)O. The van der Waals surface area contributed by atoms with Crippen LogP contribution in [-0.4, -0.2) is 82.2 Å². The van der Waals surface area contributed by atoms with Gasteiger partial charge in [0.2, 0.25) is 0 Å². The predicted molar refractivity (Wildman–Crippen MR) is 62.4 cm³/mol. The van der Waals surface area contributed by atoms with Crippen molar-refractivity contribution in [3.05, 3.63) is 0 Å². The first-order chi connectivity index (χ1) is 9.19. The van der Waals surface area contributed by atoms with Crippen LogP contribution in [-0.2, 0) is 18.4 Å². The molecule has 0 saturated carbocycles. The molecule has 0 spiro atoms. The Balaban J connectivity index is 0. The van der Waals surface area contributed by atoms with E-state index in [1.54, 1.807) is 0 Å². The first-order valence-corrected chi connectivity index (χ1v) is 7.94. The Labute approximate surface area is 117 Å². The highest BCUT2D eigenvalue weighted by Crippen LogP contribution is 2.35. The van der Waals surface area contributed by atoms with Crippen LogP contribution in [0.15, 0.2) is 0 Å². The Hall–Kier alpha value is -0.270. The number of Topliss-reactive ketones (excluding diaryl/α,β-unsaturated/α-hetero) is 1. The van der Waals surface area contributed by atoms with Crippen LogP contribution in [0.5, 0.6) is 0 Å². The molecule has 0 heterocycles. The number of phosphoric ester groups is 1. The van der Waals surface area contributed by atoms with E-state index in [0.717, 1.165) is 0 Å². The number of ketones is 1. The van der Waals surface area contributed by atoms with Crippen LogP contribution in [0.4, 0.5) is 0 Å². The Morgan fingerprint density at radius 2 is 1.38 bits per heavy atom. The quantitative estimate of drug-likeness (QED) is 0.196. The van der Waals surface area contributed by atoms with Crippen LogP contribution in [0.25, 0.3) is 0 Å². The minimum Gasteiger partial charge on any atom is -0.388 e. The molecule has 0 fully saturated rings. The molecule has 0 aromatic heterocycles. The van der Waals surface area contributed by atoms with Gasteiger partial charge in [-0.1, -0.05) is 0 Å². The normalized spacial score (nSPS) is 16.4. The van der Waals surface area contributed by atoms with E-state index in [1.165, 1.54) is 0 Å². The average Bonchev–Trinajstić information content (AvgIpc) is 2.30. The minimum atomic E-state index is -4.81. The highest BCUT2D eigenvalue weighted by molar-refractivity contribution is 7.46. The molecule has 0 aromatic carbocycles. The number of carbonyl (C=O) groups excluding carboxylic acids is 1. The second-order valence-corrected chi connectivity index (χ2v) is 5.69. The first kappa shape index (κ1) is 23.0. The molecule has 9 N–H and O–H groups in total. The van der Waals surface area contributed by atoms with Gasteiger partial charge in [-0.15, -0.1) is 0 Å². The van der Waals surface area contributed by atoms with Gasteiger partial charge in [0.25, 0.3) is 0 Å². The molecule has 0 aromatic rings. The van der Waals surface area contributed by atoms with Crippen LogP contribution in [0.2, 0.25) is 0 Å². The van der Waals surface area contributed by atoms with E-state index < -0.39 is 53.0 Å². The van der Waals surface area contributed by atoms with Gasteiger partial charge in [-0.3, -0.25) is 9.32 Å². The summed E-state index contributed by atoms with van der Waals surface area (Å²) >= 11 is 0. The Kier molecular flexibility index (Phi) is 10.6. The summed E-state index contributed by atoms with van der Waals surface area (Å²) in [7, 11) is -9.45. The van der Waals surface area contributed by atoms with E-state index in [1.807, 2.05) is 0 Å². The third-order valence-electron chi connectivity index (χ3n) is 1.62. The van der Waals surface area contributed by atoms with Crippen molar-refractivity contribution in [2.24, 2.45) is 0 Å². The van der Waals surface area contributed by atoms with Crippen LogP contribution < -0.4 is 0 Å². The Morgan fingerprint density at radius 3 is 1.67 bits per heavy atom. The Morgan fingerprint density at radius 1 is 1.00 bits per heavy atom. The summed E-state index contributed by atoms with van der Waals surface area (Å²) < 4.78 is 23.0. The van der Waals surface area contributed by atoms with Gasteiger partial charge in [0, 0.05) is 0 Å². The number of aliphatic hydroxyl groups excluding tert-OH is 4. The van der Waals surface area contributed by atoms with Gasteiger partial charge in [0.05, 0.1) is 6.61 Å². The number of phosphoric acid groups is 2. The van der Waals surface area contributed by atoms with Crippen LogP contribution in [0, 0.1) is 0 Å². The number of hydrogen-bond acceptors (Lipinski definition) is 8. The molecular weight excluding hydrogens is 342 g/mol. The van der Waals surface area contributed by atoms with Crippen molar-refractivity contribution in [2.45, 2.75) is 18.3 Å². The van der Waals surface area contributed by atoms with Crippen LogP contribution in [0.3, 0.4) is 0 Å². The molecule has 0 bridgehead atoms. The van der Waals surface area contributed by atoms with E-state index in [0.29, 0.717) is 0 Å². The molecule has 0 aliphatic heterocycles. The lowest BCUT2D eigenvalue weighted by Gasteiger charge is -2.21. The molecule has 0 amide bonds. The molecule has 15 heteroatoms. The van der Waals surface area contributed by atoms with Crippen molar-refractivity contribution in [2.75, 3.05) is 13.2 Å². The highest BCUT2D eigenvalue weighted by Gasteiger charge is 2.31. The highest BCUT2D eigenvalue weighted by atomic mass is 31.2. The molecule has 3 unspecified atom stereocenters. The fourth-order valence-electron chi connectivity index (χ4n) is 0.766. The van der Waals surface area contributed by atoms with Crippen molar-refractivity contribution >= 4 is 21.4 Å². The molecule has 128 valence electrons. The monoisotopic (exact) mass is 358 g/mol. The van der Waals surface area contributed by atoms with Crippen LogP contribution >= 0.6 is 15.6 Å². The number of aliphatic hydroxyl groups is 4. The summed E-state index contributed by atoms with van der Waals surface area (Å²) in [5.41, 5.74) is 0. The van der Waals surface area contributed by atoms with Gasteiger partial charge in [0.1, 0.15) is 24.9 Å². The molecule has 0 saturated heterocycles. The predicted octanol–water partition coefficient (Wildman–Crippen LogP) is -4.19. The summed E-state index contributed by atoms with van der Waals surface area (Å²) in [6.45, 7) is -2.01. The zero-order valence-corrected chi connectivity index (χ0v) is 12.0. The summed E-state index contributed by atoms with van der Waals surface area (Å²) in [5, 5.41) is 35.6. The van der Waals surface area contributed by atoms with E-state index in [4.69, 9.17) is 49.5 Å². The largest absolute Gasteiger partial charge is 0.469 e. The van der Waals surface area contributed by atoms with Crippen molar-refractivity contribution in [3.8, 4) is 0 Å². The molecule has 21 heavy (non-hydrogen) atoms. The van der Waals surface area contributed by atoms with Gasteiger partial charge >= 0.3 is 15.6 Å². The molecule has 0 rings (SSSR count). The van der Waals surface area contributed by atoms with Crippen molar-refractivity contribution < 1.29 is 63.3 Å². The van der Waals surface area contributed by atoms with Crippen molar-refractivity contribution in [1.29, 1.82) is 0 Å². The van der Waals surface area contributed by atoms with Gasteiger partial charge < -0.3 is 44.9 Å². The maximum atomic E-state index is 10.7. The van der Waals surface area contributed by atoms with Gasteiger partial charge in [-0.25, -0.2) is 9.13 Å². The van der Waals surface area contributed by atoms with Gasteiger partial charge in [-0.05, 0) is 0 Å².